The van der Waals surface area contributed by atoms with Crippen LogP contribution in [0.2, 0.25) is 0 Å². The van der Waals surface area contributed by atoms with E-state index in [1.54, 1.807) is 17.1 Å². The third kappa shape index (κ3) is 3.77. The Morgan fingerprint density at radius 1 is 1.13 bits per heavy atom. The number of benzene rings is 2. The molecule has 0 spiro atoms. The van der Waals surface area contributed by atoms with Crippen LogP contribution in [0, 0.1) is 11.7 Å². The van der Waals surface area contributed by atoms with Gasteiger partial charge in [0.1, 0.15) is 12.0 Å². The Kier molecular flexibility index (Phi) is 4.72. The molecule has 0 radical (unpaired) electrons. The molecule has 2 aromatic carbocycles. The first-order valence-electron chi connectivity index (χ1n) is 7.91. The Bertz CT molecular complexity index is 657. The summed E-state index contributed by atoms with van der Waals surface area (Å²) in [5.41, 5.74) is 2.13. The largest absolute Gasteiger partial charge is 0.372 e. The van der Waals surface area contributed by atoms with Gasteiger partial charge in [0.15, 0.2) is 0 Å². The van der Waals surface area contributed by atoms with Crippen molar-refractivity contribution in [1.29, 1.82) is 0 Å². The third-order valence-electron chi connectivity index (χ3n) is 4.36. The summed E-state index contributed by atoms with van der Waals surface area (Å²) in [7, 11) is 0. The van der Waals surface area contributed by atoms with Crippen molar-refractivity contribution in [3.05, 3.63) is 71.5 Å². The van der Waals surface area contributed by atoms with Crippen molar-refractivity contribution >= 4 is 6.21 Å². The van der Waals surface area contributed by atoms with Crippen LogP contribution in [-0.2, 0) is 6.54 Å². The van der Waals surface area contributed by atoms with Crippen LogP contribution in [0.25, 0.3) is 0 Å². The zero-order valence-corrected chi connectivity index (χ0v) is 13.1. The predicted molar refractivity (Wildman–Crippen MR) is 89.4 cm³/mol. The van der Waals surface area contributed by atoms with Crippen molar-refractivity contribution in [2.24, 2.45) is 11.0 Å². The molecule has 0 amide bonds. The summed E-state index contributed by atoms with van der Waals surface area (Å²) in [6.45, 7) is 2.66. The van der Waals surface area contributed by atoms with Gasteiger partial charge in [0, 0.05) is 12.1 Å². The lowest BCUT2D eigenvalue weighted by molar-refractivity contribution is -0.0123. The van der Waals surface area contributed by atoms with Gasteiger partial charge >= 0.3 is 0 Å². The van der Waals surface area contributed by atoms with Gasteiger partial charge in [-0.25, -0.2) is 4.39 Å². The zero-order valence-electron chi connectivity index (χ0n) is 13.1. The highest BCUT2D eigenvalue weighted by atomic mass is 19.1. The van der Waals surface area contributed by atoms with Crippen molar-refractivity contribution in [3.8, 4) is 0 Å². The molecule has 0 aliphatic carbocycles. The van der Waals surface area contributed by atoms with Crippen LogP contribution in [0.3, 0.4) is 0 Å². The summed E-state index contributed by atoms with van der Waals surface area (Å²) in [5.74, 6) is 0.0590. The summed E-state index contributed by atoms with van der Waals surface area (Å²) in [5, 5.41) is 16.7. The van der Waals surface area contributed by atoms with Gasteiger partial charge in [-0.3, -0.25) is 5.01 Å². The second-order valence-corrected chi connectivity index (χ2v) is 6.12. The van der Waals surface area contributed by atoms with E-state index in [0.717, 1.165) is 11.1 Å². The SMILES string of the molecule is CC1CC(O)N(Cc2ccccc2)N=CC1c1ccc(F)cc1. The molecule has 120 valence electrons. The molecule has 2 aromatic rings. The Labute approximate surface area is 136 Å². The highest BCUT2D eigenvalue weighted by Gasteiger charge is 2.27. The number of hydrazone groups is 1. The number of hydrogen-bond acceptors (Lipinski definition) is 3. The number of aliphatic hydroxyl groups excluding tert-OH is 1. The molecule has 23 heavy (non-hydrogen) atoms. The minimum atomic E-state index is -0.619. The fourth-order valence-corrected chi connectivity index (χ4v) is 3.00. The van der Waals surface area contributed by atoms with Crippen LogP contribution in [-0.4, -0.2) is 22.6 Å². The van der Waals surface area contributed by atoms with E-state index in [1.165, 1.54) is 12.1 Å². The standard InChI is InChI=1S/C19H21FN2O/c1-14-11-19(23)22(13-15-5-3-2-4-6-15)21-12-18(14)16-7-9-17(20)10-8-16/h2-10,12,14,18-19,23H,11,13H2,1H3. The molecule has 0 saturated carbocycles. The van der Waals surface area contributed by atoms with Crippen LogP contribution in [0.1, 0.15) is 30.4 Å². The van der Waals surface area contributed by atoms with Crippen molar-refractivity contribution in [2.75, 3.05) is 0 Å². The molecule has 3 rings (SSSR count). The lowest BCUT2D eigenvalue weighted by Crippen LogP contribution is -2.30. The molecule has 4 heteroatoms. The van der Waals surface area contributed by atoms with Gasteiger partial charge in [-0.1, -0.05) is 49.4 Å². The Morgan fingerprint density at radius 3 is 2.52 bits per heavy atom. The van der Waals surface area contributed by atoms with E-state index in [0.29, 0.717) is 13.0 Å². The topological polar surface area (TPSA) is 35.8 Å². The molecule has 1 aliphatic rings. The third-order valence-corrected chi connectivity index (χ3v) is 4.36. The fraction of sp³-hybridized carbons (Fsp3) is 0.316. The second-order valence-electron chi connectivity index (χ2n) is 6.12. The maximum Gasteiger partial charge on any atom is 0.143 e. The first kappa shape index (κ1) is 15.7. The normalized spacial score (nSPS) is 24.5. The molecule has 1 heterocycles. The molecular weight excluding hydrogens is 291 g/mol. The first-order chi connectivity index (χ1) is 11.1. The second kappa shape index (κ2) is 6.92. The van der Waals surface area contributed by atoms with E-state index in [2.05, 4.69) is 12.0 Å². The number of aliphatic hydroxyl groups is 1. The maximum atomic E-state index is 13.1. The Morgan fingerprint density at radius 2 is 1.83 bits per heavy atom. The van der Waals surface area contributed by atoms with Gasteiger partial charge in [-0.05, 0) is 35.6 Å². The summed E-state index contributed by atoms with van der Waals surface area (Å²) < 4.78 is 13.1. The van der Waals surface area contributed by atoms with Crippen LogP contribution in [0.15, 0.2) is 59.7 Å². The van der Waals surface area contributed by atoms with Crippen LogP contribution >= 0.6 is 0 Å². The van der Waals surface area contributed by atoms with Gasteiger partial charge in [0.25, 0.3) is 0 Å². The molecule has 3 unspecified atom stereocenters. The highest BCUT2D eigenvalue weighted by Crippen LogP contribution is 2.30. The lowest BCUT2D eigenvalue weighted by atomic mass is 9.86. The quantitative estimate of drug-likeness (QED) is 0.937. The first-order valence-corrected chi connectivity index (χ1v) is 7.91. The Hall–Kier alpha value is -2.20. The number of hydrogen-bond donors (Lipinski definition) is 1. The number of nitrogens with zero attached hydrogens (tertiary/aromatic N) is 2. The molecule has 0 aromatic heterocycles. The Balaban J connectivity index is 1.80. The van der Waals surface area contributed by atoms with Gasteiger partial charge in [-0.2, -0.15) is 5.10 Å². The zero-order chi connectivity index (χ0) is 16.2. The number of halogens is 1. The molecular formula is C19H21FN2O. The van der Waals surface area contributed by atoms with Crippen LogP contribution in [0.5, 0.6) is 0 Å². The maximum absolute atomic E-state index is 13.1. The molecule has 1 N–H and O–H groups in total. The highest BCUT2D eigenvalue weighted by molar-refractivity contribution is 5.68. The van der Waals surface area contributed by atoms with E-state index < -0.39 is 6.23 Å². The summed E-state index contributed by atoms with van der Waals surface area (Å²) in [6, 6.07) is 16.5. The molecule has 0 fully saturated rings. The lowest BCUT2D eigenvalue weighted by Gasteiger charge is -2.25. The average Bonchev–Trinajstić information content (AvgIpc) is 2.69. The van der Waals surface area contributed by atoms with Gasteiger partial charge in [-0.15, -0.1) is 0 Å². The van der Waals surface area contributed by atoms with Crippen molar-refractivity contribution in [3.63, 3.8) is 0 Å². The monoisotopic (exact) mass is 312 g/mol. The van der Waals surface area contributed by atoms with E-state index >= 15 is 0 Å². The minimum Gasteiger partial charge on any atom is -0.372 e. The fourth-order valence-electron chi connectivity index (χ4n) is 3.00. The molecule has 3 nitrogen and oxygen atoms in total. The van der Waals surface area contributed by atoms with Crippen molar-refractivity contribution < 1.29 is 9.50 Å². The van der Waals surface area contributed by atoms with Crippen molar-refractivity contribution in [2.45, 2.75) is 32.0 Å². The van der Waals surface area contributed by atoms with Crippen molar-refractivity contribution in [1.82, 2.24) is 5.01 Å². The predicted octanol–water partition coefficient (Wildman–Crippen LogP) is 3.76. The molecule has 0 bridgehead atoms. The van der Waals surface area contributed by atoms with E-state index in [4.69, 9.17) is 0 Å². The summed E-state index contributed by atoms with van der Waals surface area (Å²) in [4.78, 5) is 0. The minimum absolute atomic E-state index is 0.0750. The average molecular weight is 312 g/mol. The summed E-state index contributed by atoms with van der Waals surface area (Å²) in [6.07, 6.45) is 1.87. The smallest absolute Gasteiger partial charge is 0.143 e. The van der Waals surface area contributed by atoms with E-state index in [-0.39, 0.29) is 17.7 Å². The molecule has 3 atom stereocenters. The molecule has 0 saturated heterocycles. The van der Waals surface area contributed by atoms with E-state index in [9.17, 15) is 9.50 Å². The van der Waals surface area contributed by atoms with Gasteiger partial charge in [0.2, 0.25) is 0 Å². The molecule has 1 aliphatic heterocycles. The van der Waals surface area contributed by atoms with Crippen LogP contribution < -0.4 is 0 Å². The van der Waals surface area contributed by atoms with Gasteiger partial charge < -0.3 is 5.11 Å². The van der Waals surface area contributed by atoms with Crippen LogP contribution in [0.4, 0.5) is 4.39 Å². The van der Waals surface area contributed by atoms with E-state index in [1.807, 2.05) is 36.5 Å². The van der Waals surface area contributed by atoms with Gasteiger partial charge in [0.05, 0.1) is 6.54 Å². The number of rotatable bonds is 3. The summed E-state index contributed by atoms with van der Waals surface area (Å²) >= 11 is 0.